The molecule has 6 nitrogen and oxygen atoms in total. The van der Waals surface area contributed by atoms with Crippen molar-refractivity contribution in [2.75, 3.05) is 31.6 Å². The standard InChI is InChI=1S/C22H25BrN2O4S/c1-15-5-8-20(29-2)21(12-15)30(27,28)24-10-3-4-17(14-24)22(26)25-11-9-16-13-18(23)6-7-19(16)25/h5-8,12-13,17H,3-4,9-11,14H2,1-2H3/t17-/m0/s1. The van der Waals surface area contributed by atoms with E-state index in [2.05, 4.69) is 15.9 Å². The maximum Gasteiger partial charge on any atom is 0.246 e. The van der Waals surface area contributed by atoms with Gasteiger partial charge in [-0.05, 0) is 67.6 Å². The van der Waals surface area contributed by atoms with E-state index in [4.69, 9.17) is 4.74 Å². The number of carbonyl (C=O) groups excluding carboxylic acids is 1. The molecule has 30 heavy (non-hydrogen) atoms. The lowest BCUT2D eigenvalue weighted by atomic mass is 9.98. The number of hydrogen-bond donors (Lipinski definition) is 0. The number of nitrogens with zero attached hydrogens (tertiary/aromatic N) is 2. The molecule has 0 saturated carbocycles. The van der Waals surface area contributed by atoms with E-state index in [1.165, 1.54) is 11.4 Å². The van der Waals surface area contributed by atoms with Gasteiger partial charge in [-0.25, -0.2) is 8.42 Å². The molecule has 0 radical (unpaired) electrons. The minimum absolute atomic E-state index is 0.00665. The molecule has 1 saturated heterocycles. The first-order valence-corrected chi connectivity index (χ1v) is 12.3. The summed E-state index contributed by atoms with van der Waals surface area (Å²) in [4.78, 5) is 15.3. The minimum atomic E-state index is -3.75. The topological polar surface area (TPSA) is 66.9 Å². The van der Waals surface area contributed by atoms with E-state index in [0.717, 1.165) is 27.7 Å². The van der Waals surface area contributed by atoms with Gasteiger partial charge >= 0.3 is 0 Å². The van der Waals surface area contributed by atoms with Gasteiger partial charge in [0.15, 0.2) is 0 Å². The zero-order valence-electron chi connectivity index (χ0n) is 17.1. The third kappa shape index (κ3) is 3.88. The van der Waals surface area contributed by atoms with Gasteiger partial charge in [0.2, 0.25) is 15.9 Å². The molecule has 4 rings (SSSR count). The summed E-state index contributed by atoms with van der Waals surface area (Å²) in [5.41, 5.74) is 2.92. The van der Waals surface area contributed by atoms with Gasteiger partial charge in [0.1, 0.15) is 10.6 Å². The van der Waals surface area contributed by atoms with Crippen molar-refractivity contribution < 1.29 is 17.9 Å². The van der Waals surface area contributed by atoms with E-state index in [9.17, 15) is 13.2 Å². The Morgan fingerprint density at radius 1 is 1.17 bits per heavy atom. The second-order valence-electron chi connectivity index (χ2n) is 7.87. The summed E-state index contributed by atoms with van der Waals surface area (Å²) in [6.45, 7) is 3.09. The van der Waals surface area contributed by atoms with Crippen LogP contribution in [0, 0.1) is 12.8 Å². The first-order chi connectivity index (χ1) is 14.3. The van der Waals surface area contributed by atoms with E-state index in [0.29, 0.717) is 31.7 Å². The van der Waals surface area contributed by atoms with Crippen LogP contribution in [0.3, 0.4) is 0 Å². The number of benzene rings is 2. The molecule has 1 fully saturated rings. The van der Waals surface area contributed by atoms with Crippen molar-refractivity contribution in [2.45, 2.75) is 31.1 Å². The van der Waals surface area contributed by atoms with Crippen LogP contribution in [-0.4, -0.2) is 45.4 Å². The number of carbonyl (C=O) groups is 1. The molecule has 2 heterocycles. The summed E-state index contributed by atoms with van der Waals surface area (Å²) in [5, 5.41) is 0. The quantitative estimate of drug-likeness (QED) is 0.651. The maximum atomic E-state index is 13.4. The first kappa shape index (κ1) is 21.3. The largest absolute Gasteiger partial charge is 0.495 e. The number of aryl methyl sites for hydroxylation is 1. The van der Waals surface area contributed by atoms with Gasteiger partial charge in [-0.1, -0.05) is 22.0 Å². The lowest BCUT2D eigenvalue weighted by molar-refractivity contribution is -0.123. The number of anilines is 1. The second kappa shape index (κ2) is 8.32. The number of hydrogen-bond acceptors (Lipinski definition) is 4. The Labute approximate surface area is 186 Å². The number of ether oxygens (including phenoxy) is 1. The number of methoxy groups -OCH3 is 1. The monoisotopic (exact) mass is 492 g/mol. The molecule has 0 bridgehead atoms. The minimum Gasteiger partial charge on any atom is -0.495 e. The number of fused-ring (bicyclic) bond motifs is 1. The third-order valence-electron chi connectivity index (χ3n) is 5.87. The Balaban J connectivity index is 1.57. The molecule has 1 amide bonds. The zero-order chi connectivity index (χ0) is 21.5. The molecule has 0 unspecified atom stereocenters. The number of halogens is 1. The van der Waals surface area contributed by atoms with Crippen LogP contribution >= 0.6 is 15.9 Å². The van der Waals surface area contributed by atoms with E-state index < -0.39 is 10.0 Å². The molecule has 2 aromatic carbocycles. The van der Waals surface area contributed by atoms with Crippen LogP contribution in [0.1, 0.15) is 24.0 Å². The summed E-state index contributed by atoms with van der Waals surface area (Å²) in [7, 11) is -2.28. The molecule has 2 aliphatic rings. The van der Waals surface area contributed by atoms with Crippen LogP contribution in [-0.2, 0) is 21.2 Å². The predicted molar refractivity (Wildman–Crippen MR) is 119 cm³/mol. The fourth-order valence-corrected chi connectivity index (χ4v) is 6.48. The lowest BCUT2D eigenvalue weighted by Crippen LogP contribution is -2.46. The normalized spacial score (nSPS) is 19.6. The number of amides is 1. The molecule has 0 aliphatic carbocycles. The fraction of sp³-hybridized carbons (Fsp3) is 0.409. The third-order valence-corrected chi connectivity index (χ3v) is 8.25. The lowest BCUT2D eigenvalue weighted by Gasteiger charge is -2.33. The van der Waals surface area contributed by atoms with E-state index in [-0.39, 0.29) is 23.3 Å². The van der Waals surface area contributed by atoms with E-state index in [1.54, 1.807) is 12.1 Å². The molecular weight excluding hydrogens is 468 g/mol. The molecule has 0 aromatic heterocycles. The van der Waals surface area contributed by atoms with Crippen LogP contribution in [0.5, 0.6) is 5.75 Å². The first-order valence-electron chi connectivity index (χ1n) is 10.1. The Morgan fingerprint density at radius 2 is 1.97 bits per heavy atom. The predicted octanol–water partition coefficient (Wildman–Crippen LogP) is 3.76. The fourth-order valence-electron chi connectivity index (χ4n) is 4.31. The van der Waals surface area contributed by atoms with E-state index in [1.807, 2.05) is 36.1 Å². The smallest absolute Gasteiger partial charge is 0.246 e. The highest BCUT2D eigenvalue weighted by molar-refractivity contribution is 9.10. The summed E-state index contributed by atoms with van der Waals surface area (Å²) < 4.78 is 34.5. The van der Waals surface area contributed by atoms with Gasteiger partial charge in [0, 0.05) is 29.8 Å². The van der Waals surface area contributed by atoms with Crippen LogP contribution in [0.15, 0.2) is 45.8 Å². The van der Waals surface area contributed by atoms with Crippen molar-refractivity contribution >= 4 is 37.5 Å². The Morgan fingerprint density at radius 3 is 2.73 bits per heavy atom. The van der Waals surface area contributed by atoms with Crippen molar-refractivity contribution in [1.82, 2.24) is 4.31 Å². The molecule has 0 N–H and O–H groups in total. The maximum absolute atomic E-state index is 13.4. The Bertz CT molecular complexity index is 1090. The molecule has 8 heteroatoms. The summed E-state index contributed by atoms with van der Waals surface area (Å²) in [6.07, 6.45) is 2.17. The van der Waals surface area contributed by atoms with Crippen molar-refractivity contribution in [3.05, 3.63) is 52.0 Å². The van der Waals surface area contributed by atoms with E-state index >= 15 is 0 Å². The molecular formula is C22H25BrN2O4S. The van der Waals surface area contributed by atoms with Gasteiger partial charge in [-0.3, -0.25) is 4.79 Å². The highest BCUT2D eigenvalue weighted by Gasteiger charge is 2.38. The molecule has 2 aliphatic heterocycles. The SMILES string of the molecule is COc1ccc(C)cc1S(=O)(=O)N1CCC[C@H](C(=O)N2CCc3cc(Br)ccc32)C1. The molecule has 1 atom stereocenters. The van der Waals surface area contributed by atoms with Gasteiger partial charge in [0.25, 0.3) is 0 Å². The van der Waals surface area contributed by atoms with Crippen molar-refractivity contribution in [2.24, 2.45) is 5.92 Å². The average Bonchev–Trinajstić information content (AvgIpc) is 3.16. The highest BCUT2D eigenvalue weighted by atomic mass is 79.9. The average molecular weight is 493 g/mol. The Hall–Kier alpha value is -1.90. The molecule has 2 aromatic rings. The van der Waals surface area contributed by atoms with Gasteiger partial charge in [-0.15, -0.1) is 0 Å². The second-order valence-corrected chi connectivity index (χ2v) is 10.7. The van der Waals surface area contributed by atoms with Crippen LogP contribution in [0.2, 0.25) is 0 Å². The summed E-state index contributed by atoms with van der Waals surface area (Å²) >= 11 is 3.48. The number of sulfonamides is 1. The molecule has 0 spiro atoms. The zero-order valence-corrected chi connectivity index (χ0v) is 19.5. The van der Waals surface area contributed by atoms with Crippen LogP contribution in [0.4, 0.5) is 5.69 Å². The van der Waals surface area contributed by atoms with Crippen molar-refractivity contribution in [3.63, 3.8) is 0 Å². The summed E-state index contributed by atoms with van der Waals surface area (Å²) in [5.74, 6) is -0.0146. The van der Waals surface area contributed by atoms with Crippen LogP contribution < -0.4 is 9.64 Å². The van der Waals surface area contributed by atoms with Crippen molar-refractivity contribution in [3.8, 4) is 5.75 Å². The summed E-state index contributed by atoms with van der Waals surface area (Å²) in [6, 6.07) is 11.1. The Kier molecular flexibility index (Phi) is 5.92. The number of piperidine rings is 1. The van der Waals surface area contributed by atoms with Crippen LogP contribution in [0.25, 0.3) is 0 Å². The van der Waals surface area contributed by atoms with Crippen molar-refractivity contribution in [1.29, 1.82) is 0 Å². The van der Waals surface area contributed by atoms with Gasteiger partial charge < -0.3 is 9.64 Å². The van der Waals surface area contributed by atoms with Gasteiger partial charge in [-0.2, -0.15) is 4.31 Å². The highest BCUT2D eigenvalue weighted by Crippen LogP contribution is 2.34. The number of rotatable bonds is 4. The molecule has 160 valence electrons. The van der Waals surface area contributed by atoms with Gasteiger partial charge in [0.05, 0.1) is 13.0 Å².